The Labute approximate surface area is 111 Å². The van der Waals surface area contributed by atoms with E-state index in [4.69, 9.17) is 4.74 Å². The van der Waals surface area contributed by atoms with E-state index in [1.807, 2.05) is 4.90 Å². The van der Waals surface area contributed by atoms with E-state index in [-0.39, 0.29) is 18.1 Å². The highest BCUT2D eigenvalue weighted by Crippen LogP contribution is 2.29. The maximum Gasteiger partial charge on any atom is 0.255 e. The summed E-state index contributed by atoms with van der Waals surface area (Å²) < 4.78 is 18.6. The van der Waals surface area contributed by atoms with Gasteiger partial charge in [0.1, 0.15) is 0 Å². The second-order valence-corrected chi connectivity index (χ2v) is 5.13. The number of ether oxygens (including phenoxy) is 1. The van der Waals surface area contributed by atoms with Crippen LogP contribution in [-0.2, 0) is 4.74 Å². The number of amides is 1. The number of hydrogen-bond donors (Lipinski definition) is 0. The number of morpholine rings is 1. The van der Waals surface area contributed by atoms with Gasteiger partial charge in [0.05, 0.1) is 24.3 Å². The second-order valence-electron chi connectivity index (χ2n) is 5.13. The minimum atomic E-state index is -0.561. The molecule has 0 aromatic carbocycles. The van der Waals surface area contributed by atoms with Gasteiger partial charge >= 0.3 is 0 Å². The van der Waals surface area contributed by atoms with Gasteiger partial charge in [0, 0.05) is 12.7 Å². The van der Waals surface area contributed by atoms with Crippen LogP contribution in [0.25, 0.3) is 0 Å². The molecule has 2 unspecified atom stereocenters. The Bertz CT molecular complexity index is 461. The molecule has 1 aliphatic carbocycles. The van der Waals surface area contributed by atoms with Gasteiger partial charge in [0.15, 0.2) is 0 Å². The third-order valence-electron chi connectivity index (χ3n) is 3.97. The predicted octanol–water partition coefficient (Wildman–Crippen LogP) is 2.00. The van der Waals surface area contributed by atoms with Crippen LogP contribution >= 0.6 is 0 Å². The molecule has 2 atom stereocenters. The van der Waals surface area contributed by atoms with E-state index in [0.717, 1.165) is 19.3 Å². The number of carbonyl (C=O) groups is 1. The van der Waals surface area contributed by atoms with Crippen molar-refractivity contribution in [2.45, 2.75) is 37.8 Å². The number of hydrogen-bond acceptors (Lipinski definition) is 3. The lowest BCUT2D eigenvalue weighted by molar-refractivity contribution is -0.0752. The fourth-order valence-electron chi connectivity index (χ4n) is 3.02. The molecule has 1 saturated carbocycles. The van der Waals surface area contributed by atoms with Gasteiger partial charge in [-0.2, -0.15) is 4.39 Å². The zero-order valence-electron chi connectivity index (χ0n) is 10.7. The van der Waals surface area contributed by atoms with Crippen molar-refractivity contribution in [1.82, 2.24) is 9.88 Å². The minimum absolute atomic E-state index is 0.0623. The molecular weight excluding hydrogens is 247 g/mol. The summed E-state index contributed by atoms with van der Waals surface area (Å²) in [6.45, 7) is 1.19. The minimum Gasteiger partial charge on any atom is -0.374 e. The van der Waals surface area contributed by atoms with E-state index in [2.05, 4.69) is 4.98 Å². The molecule has 0 radical (unpaired) electrons. The van der Waals surface area contributed by atoms with Gasteiger partial charge in [0.2, 0.25) is 5.95 Å². The summed E-state index contributed by atoms with van der Waals surface area (Å²) in [4.78, 5) is 17.9. The molecule has 19 heavy (non-hydrogen) atoms. The molecule has 2 fully saturated rings. The standard InChI is InChI=1S/C14H17FN2O2/c15-13-6-5-10(9-16-13)14(18)17-7-8-19-12-4-2-1-3-11(12)17/h5-6,9,11-12H,1-4,7-8H2. The number of fused-ring (bicyclic) bond motifs is 1. The van der Waals surface area contributed by atoms with Crippen molar-refractivity contribution < 1.29 is 13.9 Å². The first-order valence-electron chi connectivity index (χ1n) is 6.80. The summed E-state index contributed by atoms with van der Waals surface area (Å²) in [6.07, 6.45) is 5.79. The van der Waals surface area contributed by atoms with E-state index < -0.39 is 5.95 Å². The molecular formula is C14H17FN2O2. The molecule has 3 rings (SSSR count). The van der Waals surface area contributed by atoms with Crippen molar-refractivity contribution in [3.05, 3.63) is 29.8 Å². The smallest absolute Gasteiger partial charge is 0.255 e. The molecule has 1 aromatic rings. The molecule has 2 aliphatic rings. The average Bonchev–Trinajstić information content (AvgIpc) is 2.47. The lowest BCUT2D eigenvalue weighted by Gasteiger charge is -2.43. The Morgan fingerprint density at radius 3 is 3.00 bits per heavy atom. The van der Waals surface area contributed by atoms with Crippen LogP contribution in [0.3, 0.4) is 0 Å². The Morgan fingerprint density at radius 2 is 2.21 bits per heavy atom. The highest BCUT2D eigenvalue weighted by Gasteiger charge is 2.36. The quantitative estimate of drug-likeness (QED) is 0.729. The number of halogens is 1. The lowest BCUT2D eigenvalue weighted by atomic mass is 9.90. The van der Waals surface area contributed by atoms with E-state index in [0.29, 0.717) is 18.7 Å². The second kappa shape index (κ2) is 5.25. The molecule has 102 valence electrons. The third-order valence-corrected chi connectivity index (χ3v) is 3.97. The fraction of sp³-hybridized carbons (Fsp3) is 0.571. The maximum absolute atomic E-state index is 12.8. The van der Waals surface area contributed by atoms with Crippen molar-refractivity contribution in [3.63, 3.8) is 0 Å². The van der Waals surface area contributed by atoms with Gasteiger partial charge in [-0.25, -0.2) is 4.98 Å². The van der Waals surface area contributed by atoms with Crippen molar-refractivity contribution in [2.24, 2.45) is 0 Å². The molecule has 1 saturated heterocycles. The van der Waals surface area contributed by atoms with Crippen LogP contribution in [0.2, 0.25) is 0 Å². The van der Waals surface area contributed by atoms with E-state index in [1.165, 1.54) is 24.8 Å². The average molecular weight is 264 g/mol. The number of rotatable bonds is 1. The largest absolute Gasteiger partial charge is 0.374 e. The van der Waals surface area contributed by atoms with Gasteiger partial charge in [-0.1, -0.05) is 12.8 Å². The van der Waals surface area contributed by atoms with Crippen LogP contribution in [0.15, 0.2) is 18.3 Å². The van der Waals surface area contributed by atoms with Crippen LogP contribution < -0.4 is 0 Å². The Morgan fingerprint density at radius 1 is 1.37 bits per heavy atom. The van der Waals surface area contributed by atoms with E-state index >= 15 is 0 Å². The summed E-state index contributed by atoms with van der Waals surface area (Å²) in [6, 6.07) is 2.89. The maximum atomic E-state index is 12.8. The third kappa shape index (κ3) is 2.47. The number of carbonyl (C=O) groups excluding carboxylic acids is 1. The van der Waals surface area contributed by atoms with Gasteiger partial charge in [-0.15, -0.1) is 0 Å². The van der Waals surface area contributed by atoms with Gasteiger partial charge in [-0.05, 0) is 25.0 Å². The van der Waals surface area contributed by atoms with Crippen molar-refractivity contribution in [3.8, 4) is 0 Å². The number of pyridine rings is 1. The Balaban J connectivity index is 1.79. The van der Waals surface area contributed by atoms with Crippen LogP contribution in [0.5, 0.6) is 0 Å². The van der Waals surface area contributed by atoms with Crippen LogP contribution in [-0.4, -0.2) is 41.1 Å². The van der Waals surface area contributed by atoms with Crippen LogP contribution in [0.1, 0.15) is 36.0 Å². The van der Waals surface area contributed by atoms with Gasteiger partial charge in [-0.3, -0.25) is 4.79 Å². The van der Waals surface area contributed by atoms with E-state index in [9.17, 15) is 9.18 Å². The Kier molecular flexibility index (Phi) is 3.46. The highest BCUT2D eigenvalue weighted by molar-refractivity contribution is 5.94. The summed E-state index contributed by atoms with van der Waals surface area (Å²) >= 11 is 0. The molecule has 0 bridgehead atoms. The molecule has 0 N–H and O–H groups in total. The van der Waals surface area contributed by atoms with Crippen LogP contribution in [0.4, 0.5) is 4.39 Å². The molecule has 0 spiro atoms. The molecule has 1 aliphatic heterocycles. The Hall–Kier alpha value is -1.49. The summed E-state index contributed by atoms with van der Waals surface area (Å²) in [7, 11) is 0. The van der Waals surface area contributed by atoms with Gasteiger partial charge < -0.3 is 9.64 Å². The zero-order chi connectivity index (χ0) is 13.2. The van der Waals surface area contributed by atoms with Crippen molar-refractivity contribution in [1.29, 1.82) is 0 Å². The topological polar surface area (TPSA) is 42.4 Å². The first kappa shape index (κ1) is 12.5. The first-order valence-corrected chi connectivity index (χ1v) is 6.80. The van der Waals surface area contributed by atoms with Crippen LogP contribution in [0, 0.1) is 5.95 Å². The molecule has 4 nitrogen and oxygen atoms in total. The summed E-state index contributed by atoms with van der Waals surface area (Å²) in [5.74, 6) is -0.623. The number of nitrogens with zero attached hydrogens (tertiary/aromatic N) is 2. The van der Waals surface area contributed by atoms with E-state index in [1.54, 1.807) is 0 Å². The molecule has 1 aromatic heterocycles. The molecule has 1 amide bonds. The first-order chi connectivity index (χ1) is 9.25. The van der Waals surface area contributed by atoms with Crippen molar-refractivity contribution in [2.75, 3.05) is 13.2 Å². The lowest BCUT2D eigenvalue weighted by Crippen LogP contribution is -2.54. The molecule has 5 heteroatoms. The summed E-state index contributed by atoms with van der Waals surface area (Å²) in [5.41, 5.74) is 0.452. The molecule has 2 heterocycles. The fourth-order valence-corrected chi connectivity index (χ4v) is 3.02. The SMILES string of the molecule is O=C(c1ccc(F)nc1)N1CCOC2CCCCC21. The normalized spacial score (nSPS) is 26.9. The predicted molar refractivity (Wildman–Crippen MR) is 67.2 cm³/mol. The monoisotopic (exact) mass is 264 g/mol. The number of aromatic nitrogens is 1. The van der Waals surface area contributed by atoms with Gasteiger partial charge in [0.25, 0.3) is 5.91 Å². The highest BCUT2D eigenvalue weighted by atomic mass is 19.1. The zero-order valence-corrected chi connectivity index (χ0v) is 10.7. The van der Waals surface area contributed by atoms with Crippen molar-refractivity contribution >= 4 is 5.91 Å². The summed E-state index contributed by atoms with van der Waals surface area (Å²) in [5, 5.41) is 0.